The lowest BCUT2D eigenvalue weighted by Gasteiger charge is -2.37. The van der Waals surface area contributed by atoms with Crippen LogP contribution in [0.5, 0.6) is 5.75 Å². The number of ether oxygens (including phenoxy) is 2. The van der Waals surface area contributed by atoms with Crippen molar-refractivity contribution in [2.45, 2.75) is 50.4 Å². The zero-order valence-electron chi connectivity index (χ0n) is 22.3. The first-order chi connectivity index (χ1) is 18.3. The molecule has 2 saturated heterocycles. The van der Waals surface area contributed by atoms with Crippen LogP contribution in [-0.2, 0) is 19.1 Å². The quantitative estimate of drug-likeness (QED) is 0.414. The lowest BCUT2D eigenvalue weighted by Crippen LogP contribution is -2.56. The molecule has 38 heavy (non-hydrogen) atoms. The SMILES string of the molecule is CCCN1CC=C[C@@]2(C)O[C@]34C=CCN(c5ccc(OC)cc5)C(=O)C3N(CCCCO)C(=O)[C@@H]4[C@H]2C1=O. The van der Waals surface area contributed by atoms with Gasteiger partial charge in [0.1, 0.15) is 17.4 Å². The van der Waals surface area contributed by atoms with Gasteiger partial charge in [-0.1, -0.05) is 31.2 Å². The zero-order valence-corrected chi connectivity index (χ0v) is 22.3. The van der Waals surface area contributed by atoms with Gasteiger partial charge in [0.2, 0.25) is 11.8 Å². The van der Waals surface area contributed by atoms with E-state index in [-0.39, 0.29) is 24.3 Å². The molecule has 5 rings (SSSR count). The standard InChI is InChI=1S/C29H37N3O6/c1-4-15-30-16-7-13-28(2)22(25(30)34)23-26(35)32(17-5-6-19-33)24-27(36)31(18-8-14-29(23,24)38-28)20-9-11-21(37-3)12-10-20/h7-14,22-24,33H,4-6,15-19H2,1-3H3/t22-,23-,24?,28+,29-/m0/s1. The van der Waals surface area contributed by atoms with Crippen LogP contribution in [0.4, 0.5) is 5.69 Å². The molecule has 4 aliphatic heterocycles. The van der Waals surface area contributed by atoms with Crippen molar-refractivity contribution in [3.63, 3.8) is 0 Å². The van der Waals surface area contributed by atoms with Crippen molar-refractivity contribution in [2.24, 2.45) is 11.8 Å². The summed E-state index contributed by atoms with van der Waals surface area (Å²) in [6.45, 7) is 5.55. The number of benzene rings is 1. The lowest BCUT2D eigenvalue weighted by molar-refractivity contribution is -0.148. The van der Waals surface area contributed by atoms with Crippen LogP contribution in [0.15, 0.2) is 48.6 Å². The highest BCUT2D eigenvalue weighted by atomic mass is 16.5. The first kappa shape index (κ1) is 26.4. The summed E-state index contributed by atoms with van der Waals surface area (Å²) in [7, 11) is 1.59. The average molecular weight is 524 g/mol. The monoisotopic (exact) mass is 523 g/mol. The number of aliphatic hydroxyl groups is 1. The Labute approximate surface area is 223 Å². The Bertz CT molecular complexity index is 1150. The van der Waals surface area contributed by atoms with Gasteiger partial charge in [-0.2, -0.15) is 0 Å². The molecule has 4 heterocycles. The molecule has 2 fully saturated rings. The van der Waals surface area contributed by atoms with Crippen LogP contribution in [0.3, 0.4) is 0 Å². The molecule has 0 radical (unpaired) electrons. The number of hydrogen-bond acceptors (Lipinski definition) is 6. The summed E-state index contributed by atoms with van der Waals surface area (Å²) in [4.78, 5) is 47.5. The van der Waals surface area contributed by atoms with E-state index in [1.54, 1.807) is 33.9 Å². The van der Waals surface area contributed by atoms with Crippen molar-refractivity contribution in [3.8, 4) is 5.75 Å². The van der Waals surface area contributed by atoms with Gasteiger partial charge in [0.25, 0.3) is 5.91 Å². The first-order valence-corrected chi connectivity index (χ1v) is 13.5. The largest absolute Gasteiger partial charge is 0.497 e. The van der Waals surface area contributed by atoms with E-state index in [0.29, 0.717) is 50.5 Å². The van der Waals surface area contributed by atoms with Crippen LogP contribution >= 0.6 is 0 Å². The van der Waals surface area contributed by atoms with Crippen molar-refractivity contribution >= 4 is 23.4 Å². The Morgan fingerprint density at radius 3 is 2.39 bits per heavy atom. The van der Waals surface area contributed by atoms with E-state index in [1.165, 1.54) is 0 Å². The van der Waals surface area contributed by atoms with Crippen LogP contribution in [0.25, 0.3) is 0 Å². The molecule has 1 N–H and O–H groups in total. The topological polar surface area (TPSA) is 99.6 Å². The summed E-state index contributed by atoms with van der Waals surface area (Å²) in [5.74, 6) is -1.48. The fourth-order valence-electron chi connectivity index (χ4n) is 6.67. The smallest absolute Gasteiger partial charge is 0.253 e. The number of likely N-dealkylation sites (tertiary alicyclic amines) is 1. The molecule has 204 valence electrons. The number of fused-ring (bicyclic) bond motifs is 2. The Morgan fingerprint density at radius 1 is 0.974 bits per heavy atom. The van der Waals surface area contributed by atoms with Gasteiger partial charge in [-0.05, 0) is 50.5 Å². The minimum Gasteiger partial charge on any atom is -0.497 e. The third-order valence-corrected chi connectivity index (χ3v) is 8.33. The van der Waals surface area contributed by atoms with Gasteiger partial charge in [0.15, 0.2) is 0 Å². The maximum Gasteiger partial charge on any atom is 0.253 e. The third kappa shape index (κ3) is 4.03. The van der Waals surface area contributed by atoms with Crippen molar-refractivity contribution in [1.82, 2.24) is 9.80 Å². The van der Waals surface area contributed by atoms with Crippen molar-refractivity contribution in [3.05, 3.63) is 48.6 Å². The predicted molar refractivity (Wildman–Crippen MR) is 142 cm³/mol. The van der Waals surface area contributed by atoms with Crippen LogP contribution in [0, 0.1) is 11.8 Å². The number of hydrogen-bond donors (Lipinski definition) is 1. The highest BCUT2D eigenvalue weighted by Gasteiger charge is 2.74. The van der Waals surface area contributed by atoms with Crippen LogP contribution < -0.4 is 9.64 Å². The molecular weight excluding hydrogens is 486 g/mol. The van der Waals surface area contributed by atoms with Gasteiger partial charge in [0, 0.05) is 38.5 Å². The molecule has 1 aromatic carbocycles. The Balaban J connectivity index is 1.59. The second kappa shape index (κ2) is 10.2. The average Bonchev–Trinajstić information content (AvgIpc) is 3.17. The summed E-state index contributed by atoms with van der Waals surface area (Å²) in [5.41, 5.74) is -1.61. The maximum absolute atomic E-state index is 14.4. The van der Waals surface area contributed by atoms with Gasteiger partial charge in [-0.15, -0.1) is 0 Å². The molecule has 5 atom stereocenters. The number of anilines is 1. The molecule has 0 bridgehead atoms. The fraction of sp³-hybridized carbons (Fsp3) is 0.552. The summed E-state index contributed by atoms with van der Waals surface area (Å²) in [5, 5.41) is 9.38. The van der Waals surface area contributed by atoms with Crippen molar-refractivity contribution < 1.29 is 29.0 Å². The summed E-state index contributed by atoms with van der Waals surface area (Å²) < 4.78 is 12.1. The number of nitrogens with zero attached hydrogens (tertiary/aromatic N) is 3. The molecule has 9 nitrogen and oxygen atoms in total. The fourth-order valence-corrected chi connectivity index (χ4v) is 6.67. The molecule has 1 spiro atoms. The molecule has 0 saturated carbocycles. The normalized spacial score (nSPS) is 32.3. The molecule has 0 aromatic heterocycles. The van der Waals surface area contributed by atoms with Gasteiger partial charge >= 0.3 is 0 Å². The highest BCUT2D eigenvalue weighted by Crippen LogP contribution is 2.57. The molecule has 3 amide bonds. The Morgan fingerprint density at radius 2 is 1.71 bits per heavy atom. The van der Waals surface area contributed by atoms with Crippen LogP contribution in [0.2, 0.25) is 0 Å². The molecule has 1 unspecified atom stereocenters. The van der Waals surface area contributed by atoms with Crippen LogP contribution in [-0.4, -0.2) is 89.8 Å². The number of unbranched alkanes of at least 4 members (excludes halogenated alkanes) is 1. The zero-order chi connectivity index (χ0) is 27.1. The van der Waals surface area contributed by atoms with E-state index >= 15 is 0 Å². The minimum absolute atomic E-state index is 0.000451. The molecule has 9 heteroatoms. The molecule has 1 aromatic rings. The van der Waals surface area contributed by atoms with Crippen molar-refractivity contribution in [1.29, 1.82) is 0 Å². The maximum atomic E-state index is 14.4. The van der Waals surface area contributed by atoms with Crippen molar-refractivity contribution in [2.75, 3.05) is 44.8 Å². The first-order valence-electron chi connectivity index (χ1n) is 13.5. The predicted octanol–water partition coefficient (Wildman–Crippen LogP) is 2.15. The molecule has 0 aliphatic carbocycles. The Kier molecular flexibility index (Phi) is 7.09. The second-order valence-corrected chi connectivity index (χ2v) is 10.7. The number of aliphatic hydroxyl groups excluding tert-OH is 1. The summed E-state index contributed by atoms with van der Waals surface area (Å²) in [6, 6.07) is 6.31. The van der Waals surface area contributed by atoms with Gasteiger partial charge in [-0.25, -0.2) is 0 Å². The number of rotatable bonds is 8. The van der Waals surface area contributed by atoms with E-state index in [1.807, 2.05) is 50.3 Å². The number of carbonyl (C=O) groups excluding carboxylic acids is 3. The van der Waals surface area contributed by atoms with E-state index in [0.717, 1.165) is 6.42 Å². The number of methoxy groups -OCH3 is 1. The second-order valence-electron chi connectivity index (χ2n) is 10.7. The number of amides is 3. The van der Waals surface area contributed by atoms with E-state index in [9.17, 15) is 19.5 Å². The van der Waals surface area contributed by atoms with Gasteiger partial charge in [-0.3, -0.25) is 14.4 Å². The van der Waals surface area contributed by atoms with Gasteiger partial charge < -0.3 is 29.3 Å². The summed E-state index contributed by atoms with van der Waals surface area (Å²) in [6.07, 6.45) is 9.44. The third-order valence-electron chi connectivity index (χ3n) is 8.33. The molecular formula is C29H37N3O6. The van der Waals surface area contributed by atoms with E-state index < -0.39 is 29.1 Å². The number of carbonyl (C=O) groups is 3. The lowest BCUT2D eigenvalue weighted by atomic mass is 9.74. The van der Waals surface area contributed by atoms with Gasteiger partial charge in [0.05, 0.1) is 24.5 Å². The van der Waals surface area contributed by atoms with E-state index in [4.69, 9.17) is 9.47 Å². The van der Waals surface area contributed by atoms with E-state index in [2.05, 4.69) is 0 Å². The highest BCUT2D eigenvalue weighted by molar-refractivity contribution is 6.06. The van der Waals surface area contributed by atoms with Crippen LogP contribution in [0.1, 0.15) is 33.1 Å². The Hall–Kier alpha value is -3.17. The molecule has 4 aliphatic rings. The minimum atomic E-state index is -1.27. The summed E-state index contributed by atoms with van der Waals surface area (Å²) >= 11 is 0.